The summed E-state index contributed by atoms with van der Waals surface area (Å²) >= 11 is 0. The molecule has 0 aliphatic heterocycles. The molecule has 1 heterocycles. The summed E-state index contributed by atoms with van der Waals surface area (Å²) in [4.78, 5) is -0.306. The summed E-state index contributed by atoms with van der Waals surface area (Å²) in [6, 6.07) is 8.65. The van der Waals surface area contributed by atoms with E-state index >= 15 is 0 Å². The number of hydrogen-bond acceptors (Lipinski definition) is 4. The Morgan fingerprint density at radius 2 is 1.46 bits per heavy atom. The number of hydrogen-bond donors (Lipinski definition) is 0. The van der Waals surface area contributed by atoms with Gasteiger partial charge in [-0.2, -0.15) is 31.4 Å². The lowest BCUT2D eigenvalue weighted by Crippen LogP contribution is -2.56. The van der Waals surface area contributed by atoms with Gasteiger partial charge in [-0.3, -0.25) is 4.68 Å². The van der Waals surface area contributed by atoms with E-state index in [4.69, 9.17) is 0 Å². The summed E-state index contributed by atoms with van der Waals surface area (Å²) in [5.41, 5.74) is -6.71. The SMILES string of the molecule is CCn1cc2c(n1)CCC(c1ccc(C(OCc3c(F)cccc3F)(C(F)(F)F)C(F)(F)F)cc1)(S(=O)(=O)c1ccc(F)cc1)C2. The molecule has 0 bridgehead atoms. The molecule has 4 aromatic rings. The number of aromatic nitrogens is 2. The normalized spacial score (nSPS) is 17.6. The van der Waals surface area contributed by atoms with E-state index in [1.807, 2.05) is 0 Å². The maximum Gasteiger partial charge on any atom is 0.430 e. The molecule has 1 unspecified atom stereocenters. The quantitative estimate of drug-likeness (QED) is 0.142. The summed E-state index contributed by atoms with van der Waals surface area (Å²) in [6.45, 7) is 0.523. The van der Waals surface area contributed by atoms with Crippen molar-refractivity contribution in [1.29, 1.82) is 0 Å². The number of halogens is 9. The first-order valence-electron chi connectivity index (χ1n) is 13.8. The summed E-state index contributed by atoms with van der Waals surface area (Å²) < 4.78 is 161. The highest BCUT2D eigenvalue weighted by atomic mass is 32.2. The lowest BCUT2D eigenvalue weighted by Gasteiger charge is -2.39. The second-order valence-electron chi connectivity index (χ2n) is 10.8. The van der Waals surface area contributed by atoms with Crippen LogP contribution in [0.4, 0.5) is 39.5 Å². The molecule has 0 spiro atoms. The molecule has 1 atom stereocenters. The molecule has 0 saturated carbocycles. The fourth-order valence-electron chi connectivity index (χ4n) is 5.80. The van der Waals surface area contributed by atoms with E-state index in [1.54, 1.807) is 17.8 Å². The van der Waals surface area contributed by atoms with E-state index in [-0.39, 0.29) is 29.7 Å². The molecule has 15 heteroatoms. The first kappa shape index (κ1) is 33.5. The fraction of sp³-hybridized carbons (Fsp3) is 0.323. The van der Waals surface area contributed by atoms with E-state index in [9.17, 15) is 47.9 Å². The standard InChI is InChI=1S/C31H25F9N2O3S/c1-2-42-17-19-16-28(15-14-27(19)41-42,46(43,44)23-12-10-22(32)11-13-23)20-6-8-21(9-7-20)29(30(35,36)37,31(38,39)40)45-18-24-25(33)4-3-5-26(24)34/h3-13,17H,2,14-16,18H2,1H3. The highest BCUT2D eigenvalue weighted by Crippen LogP contribution is 2.54. The highest BCUT2D eigenvalue weighted by molar-refractivity contribution is 7.92. The Morgan fingerprint density at radius 1 is 0.870 bits per heavy atom. The largest absolute Gasteiger partial charge is 0.430 e. The predicted molar refractivity (Wildman–Crippen MR) is 147 cm³/mol. The summed E-state index contributed by atoms with van der Waals surface area (Å²) in [5, 5.41) is 4.41. The van der Waals surface area contributed by atoms with Crippen LogP contribution in [0, 0.1) is 17.5 Å². The number of aryl methyl sites for hydroxylation is 2. The molecular formula is C31H25F9N2O3S. The Hall–Kier alpha value is -3.85. The van der Waals surface area contributed by atoms with Crippen molar-refractivity contribution in [3.63, 3.8) is 0 Å². The zero-order chi connectivity index (χ0) is 33.7. The Kier molecular flexibility index (Phi) is 8.56. The van der Waals surface area contributed by atoms with Gasteiger partial charge in [0, 0.05) is 23.9 Å². The van der Waals surface area contributed by atoms with Gasteiger partial charge < -0.3 is 4.74 Å². The van der Waals surface area contributed by atoms with Crippen LogP contribution >= 0.6 is 0 Å². The van der Waals surface area contributed by atoms with Gasteiger partial charge in [-0.05, 0) is 73.7 Å². The smallest absolute Gasteiger partial charge is 0.349 e. The molecule has 246 valence electrons. The number of benzene rings is 3. The molecule has 46 heavy (non-hydrogen) atoms. The van der Waals surface area contributed by atoms with Crippen molar-refractivity contribution in [1.82, 2.24) is 9.78 Å². The molecule has 1 aliphatic rings. The third kappa shape index (κ3) is 5.46. The summed E-state index contributed by atoms with van der Waals surface area (Å²) in [7, 11) is -4.46. The van der Waals surface area contributed by atoms with Crippen molar-refractivity contribution < 1.29 is 52.7 Å². The number of fused-ring (bicyclic) bond motifs is 1. The molecule has 3 aromatic carbocycles. The number of nitrogens with zero attached hydrogens (tertiary/aromatic N) is 2. The molecule has 0 amide bonds. The van der Waals surface area contributed by atoms with Gasteiger partial charge >= 0.3 is 12.4 Å². The predicted octanol–water partition coefficient (Wildman–Crippen LogP) is 7.72. The highest BCUT2D eigenvalue weighted by Gasteiger charge is 2.73. The third-order valence-corrected chi connectivity index (χ3v) is 10.7. The van der Waals surface area contributed by atoms with E-state index in [0.717, 1.165) is 42.5 Å². The Bertz CT molecular complexity index is 1800. The molecule has 5 nitrogen and oxygen atoms in total. The minimum atomic E-state index is -6.18. The van der Waals surface area contributed by atoms with Crippen LogP contribution in [0.25, 0.3) is 0 Å². The Labute approximate surface area is 257 Å². The van der Waals surface area contributed by atoms with E-state index < -0.39 is 67.7 Å². The van der Waals surface area contributed by atoms with Gasteiger partial charge in [0.05, 0.1) is 17.2 Å². The van der Waals surface area contributed by atoms with Crippen LogP contribution in [0.5, 0.6) is 0 Å². The van der Waals surface area contributed by atoms with Crippen molar-refractivity contribution in [2.75, 3.05) is 0 Å². The average Bonchev–Trinajstić information content (AvgIpc) is 3.40. The summed E-state index contributed by atoms with van der Waals surface area (Å²) in [5.74, 6) is -3.55. The van der Waals surface area contributed by atoms with Gasteiger partial charge in [0.15, 0.2) is 9.84 Å². The van der Waals surface area contributed by atoms with E-state index in [1.165, 1.54) is 0 Å². The Morgan fingerprint density at radius 3 is 2.00 bits per heavy atom. The zero-order valence-electron chi connectivity index (χ0n) is 23.9. The minimum absolute atomic E-state index is 0.108. The van der Waals surface area contributed by atoms with Crippen molar-refractivity contribution in [3.8, 4) is 0 Å². The average molecular weight is 677 g/mol. The van der Waals surface area contributed by atoms with Gasteiger partial charge in [-0.15, -0.1) is 0 Å². The fourth-order valence-corrected chi connectivity index (χ4v) is 7.91. The van der Waals surface area contributed by atoms with E-state index in [2.05, 4.69) is 9.84 Å². The van der Waals surface area contributed by atoms with Crippen molar-refractivity contribution >= 4 is 9.84 Å². The molecule has 5 rings (SSSR count). The Balaban J connectivity index is 1.65. The maximum atomic E-state index is 14.5. The third-order valence-electron chi connectivity index (χ3n) is 8.24. The van der Waals surface area contributed by atoms with Crippen molar-refractivity contribution in [3.05, 3.63) is 118 Å². The van der Waals surface area contributed by atoms with Gasteiger partial charge in [0.1, 0.15) is 22.2 Å². The monoisotopic (exact) mass is 676 g/mol. The van der Waals surface area contributed by atoms with Gasteiger partial charge in [0.2, 0.25) is 0 Å². The molecule has 0 radical (unpaired) electrons. The van der Waals surface area contributed by atoms with Crippen LogP contribution in [0.15, 0.2) is 77.8 Å². The summed E-state index contributed by atoms with van der Waals surface area (Å²) in [6.07, 6.45) is -11.0. The van der Waals surface area contributed by atoms with Crippen LogP contribution in [-0.4, -0.2) is 30.6 Å². The van der Waals surface area contributed by atoms with Crippen molar-refractivity contribution in [2.24, 2.45) is 0 Å². The van der Waals surface area contributed by atoms with Crippen LogP contribution in [0.3, 0.4) is 0 Å². The van der Waals surface area contributed by atoms with Gasteiger partial charge in [0.25, 0.3) is 5.60 Å². The lowest BCUT2D eigenvalue weighted by atomic mass is 9.81. The molecule has 1 aromatic heterocycles. The molecule has 1 aliphatic carbocycles. The second kappa shape index (κ2) is 11.7. The van der Waals surface area contributed by atoms with Gasteiger partial charge in [-0.1, -0.05) is 30.3 Å². The van der Waals surface area contributed by atoms with Crippen LogP contribution in [0.2, 0.25) is 0 Å². The first-order chi connectivity index (χ1) is 21.5. The molecule has 0 saturated heterocycles. The number of sulfone groups is 1. The lowest BCUT2D eigenvalue weighted by molar-refractivity contribution is -0.392. The number of alkyl halides is 6. The van der Waals surface area contributed by atoms with Crippen molar-refractivity contribution in [2.45, 2.75) is 66.9 Å². The van der Waals surface area contributed by atoms with Gasteiger partial charge in [-0.25, -0.2) is 21.6 Å². The maximum absolute atomic E-state index is 14.5. The van der Waals surface area contributed by atoms with Crippen LogP contribution in [0.1, 0.15) is 41.3 Å². The minimum Gasteiger partial charge on any atom is -0.349 e. The second-order valence-corrected chi connectivity index (χ2v) is 13.1. The topological polar surface area (TPSA) is 61.2 Å². The first-order valence-corrected chi connectivity index (χ1v) is 15.3. The number of ether oxygens (including phenoxy) is 1. The van der Waals surface area contributed by atoms with Crippen LogP contribution < -0.4 is 0 Å². The molecule has 0 N–H and O–H groups in total. The van der Waals surface area contributed by atoms with Crippen LogP contribution in [-0.2, 0) is 50.9 Å². The number of rotatable bonds is 8. The van der Waals surface area contributed by atoms with E-state index in [0.29, 0.717) is 42.1 Å². The zero-order valence-corrected chi connectivity index (χ0v) is 24.7. The molecule has 0 fully saturated rings. The molecular weight excluding hydrogens is 651 g/mol.